The summed E-state index contributed by atoms with van der Waals surface area (Å²) in [5.74, 6) is 2.21. The number of fused-ring (bicyclic) bond motifs is 2. The van der Waals surface area contributed by atoms with E-state index in [0.29, 0.717) is 10.6 Å². The van der Waals surface area contributed by atoms with Crippen molar-refractivity contribution in [2.75, 3.05) is 6.54 Å². The number of H-pyrrole nitrogens is 2. The first-order chi connectivity index (χ1) is 10.7. The Morgan fingerprint density at radius 2 is 2.17 bits per heavy atom. The van der Waals surface area contributed by atoms with Crippen molar-refractivity contribution < 1.29 is 0 Å². The second-order valence-corrected chi connectivity index (χ2v) is 7.28. The molecule has 0 unspecified atom stereocenters. The molecule has 0 amide bonds. The van der Waals surface area contributed by atoms with Crippen LogP contribution in [-0.4, -0.2) is 26.7 Å². The van der Waals surface area contributed by atoms with Crippen molar-refractivity contribution >= 4 is 46.4 Å². The molecular formula is C15H17Cl2N5OS. The van der Waals surface area contributed by atoms with Gasteiger partial charge in [-0.05, 0) is 37.8 Å². The van der Waals surface area contributed by atoms with Crippen molar-refractivity contribution in [2.45, 2.75) is 19.4 Å². The van der Waals surface area contributed by atoms with Gasteiger partial charge in [0.25, 0.3) is 5.56 Å². The lowest BCUT2D eigenvalue weighted by atomic mass is 10.2. The molecule has 0 aromatic carbocycles. The Labute approximate surface area is 154 Å². The number of nitrogens with zero attached hydrogens (tertiary/aromatic N) is 2. The number of hydrogen-bond donors (Lipinski definition) is 3. The summed E-state index contributed by atoms with van der Waals surface area (Å²) in [5, 5.41) is 10.4. The molecule has 0 spiro atoms. The van der Waals surface area contributed by atoms with Gasteiger partial charge in [-0.1, -0.05) is 0 Å². The van der Waals surface area contributed by atoms with Crippen LogP contribution in [0.2, 0.25) is 0 Å². The van der Waals surface area contributed by atoms with Crippen LogP contribution >= 0.6 is 36.2 Å². The van der Waals surface area contributed by atoms with Crippen LogP contribution < -0.4 is 10.9 Å². The number of nitrogens with one attached hydrogen (secondary N) is 3. The summed E-state index contributed by atoms with van der Waals surface area (Å²) in [6, 6.07) is 2.21. The van der Waals surface area contributed by atoms with Gasteiger partial charge in [-0.3, -0.25) is 9.89 Å². The average Bonchev–Trinajstić information content (AvgIpc) is 2.89. The first-order valence-electron chi connectivity index (χ1n) is 7.48. The molecule has 1 aliphatic heterocycles. The van der Waals surface area contributed by atoms with Crippen LogP contribution in [0, 0.1) is 18.8 Å². The van der Waals surface area contributed by atoms with Crippen LogP contribution in [0.15, 0.2) is 17.1 Å². The minimum atomic E-state index is -0.0386. The highest BCUT2D eigenvalue weighted by Gasteiger charge is 2.49. The molecule has 5 rings (SSSR count). The lowest BCUT2D eigenvalue weighted by Crippen LogP contribution is -2.23. The number of aromatic amines is 2. The largest absolute Gasteiger partial charge is 0.308 e. The van der Waals surface area contributed by atoms with Gasteiger partial charge in [0.05, 0.1) is 17.8 Å². The van der Waals surface area contributed by atoms with E-state index in [0.717, 1.165) is 39.9 Å². The first-order valence-corrected chi connectivity index (χ1v) is 8.30. The molecule has 1 saturated carbocycles. The van der Waals surface area contributed by atoms with Crippen molar-refractivity contribution in [3.8, 4) is 10.4 Å². The van der Waals surface area contributed by atoms with E-state index in [4.69, 9.17) is 4.98 Å². The SMILES string of the molecule is Cc1[nH]ncc1-c1cc2nc([C@H]3NC[C@H]4C[C@H]43)[nH]c(=O)c2s1.Cl.Cl. The molecule has 2 fully saturated rings. The van der Waals surface area contributed by atoms with Gasteiger partial charge >= 0.3 is 0 Å². The molecule has 1 saturated heterocycles. The smallest absolute Gasteiger partial charge is 0.268 e. The van der Waals surface area contributed by atoms with Gasteiger partial charge in [-0.15, -0.1) is 36.2 Å². The summed E-state index contributed by atoms with van der Waals surface area (Å²) in [6.07, 6.45) is 3.05. The molecule has 0 radical (unpaired) electrons. The second-order valence-electron chi connectivity index (χ2n) is 6.23. The van der Waals surface area contributed by atoms with E-state index < -0.39 is 0 Å². The molecule has 3 aromatic heterocycles. The maximum atomic E-state index is 12.4. The van der Waals surface area contributed by atoms with E-state index in [-0.39, 0.29) is 36.4 Å². The van der Waals surface area contributed by atoms with E-state index in [1.807, 2.05) is 13.0 Å². The Kier molecular flexibility index (Phi) is 4.46. The van der Waals surface area contributed by atoms with E-state index in [1.165, 1.54) is 17.8 Å². The highest BCUT2D eigenvalue weighted by atomic mass is 35.5. The fraction of sp³-hybridized carbons (Fsp3) is 0.400. The van der Waals surface area contributed by atoms with Gasteiger partial charge in [0.2, 0.25) is 0 Å². The molecule has 3 atom stereocenters. The Morgan fingerprint density at radius 1 is 1.33 bits per heavy atom. The van der Waals surface area contributed by atoms with E-state index in [1.54, 1.807) is 6.20 Å². The van der Waals surface area contributed by atoms with E-state index in [9.17, 15) is 4.79 Å². The van der Waals surface area contributed by atoms with Gasteiger partial charge in [0.15, 0.2) is 0 Å². The molecule has 3 aromatic rings. The Morgan fingerprint density at radius 3 is 2.79 bits per heavy atom. The third-order valence-corrected chi connectivity index (χ3v) is 5.95. The van der Waals surface area contributed by atoms with Crippen LogP contribution in [0.3, 0.4) is 0 Å². The van der Waals surface area contributed by atoms with E-state index in [2.05, 4.69) is 20.5 Å². The summed E-state index contributed by atoms with van der Waals surface area (Å²) in [4.78, 5) is 21.1. The van der Waals surface area contributed by atoms with Gasteiger partial charge in [-0.25, -0.2) is 4.98 Å². The molecule has 4 heterocycles. The number of thiophene rings is 1. The van der Waals surface area contributed by atoms with Gasteiger partial charge in [0, 0.05) is 16.1 Å². The first kappa shape index (κ1) is 17.4. The summed E-state index contributed by atoms with van der Waals surface area (Å²) in [6.45, 7) is 3.02. The van der Waals surface area contributed by atoms with Crippen LogP contribution in [0.1, 0.15) is 24.0 Å². The van der Waals surface area contributed by atoms with Crippen LogP contribution in [-0.2, 0) is 0 Å². The van der Waals surface area contributed by atoms with Gasteiger partial charge < -0.3 is 10.3 Å². The van der Waals surface area contributed by atoms with E-state index >= 15 is 0 Å². The molecule has 2 aliphatic rings. The summed E-state index contributed by atoms with van der Waals surface area (Å²) >= 11 is 1.47. The topological polar surface area (TPSA) is 86.5 Å². The third kappa shape index (κ3) is 2.56. The molecule has 1 aliphatic carbocycles. The zero-order valence-corrected chi connectivity index (χ0v) is 15.3. The Bertz CT molecular complexity index is 949. The standard InChI is InChI=1S/C15H15N5OS.2ClH/c1-6-9(5-17-20-6)11-3-10-13(22-11)15(21)19-14(18-10)12-8-2-7(8)4-16-12;;/h3,5,7-8,12,16H,2,4H2,1H3,(H,17,20)(H,18,19,21);2*1H/t7-,8-,12+;;/m1../s1. The number of piperidine rings is 1. The summed E-state index contributed by atoms with van der Waals surface area (Å²) in [5.41, 5.74) is 2.78. The predicted molar refractivity (Wildman–Crippen MR) is 99.4 cm³/mol. The fourth-order valence-corrected chi connectivity index (χ4v) is 4.54. The number of aryl methyl sites for hydroxylation is 1. The molecule has 9 heteroatoms. The average molecular weight is 386 g/mol. The van der Waals surface area contributed by atoms with Crippen molar-refractivity contribution in [3.63, 3.8) is 0 Å². The highest BCUT2D eigenvalue weighted by Crippen LogP contribution is 2.50. The number of halogens is 2. The van der Waals surface area contributed by atoms with Crippen molar-refractivity contribution in [1.29, 1.82) is 0 Å². The predicted octanol–water partition coefficient (Wildman–Crippen LogP) is 2.81. The number of rotatable bonds is 2. The van der Waals surface area contributed by atoms with Gasteiger partial charge in [-0.2, -0.15) is 5.10 Å². The third-order valence-electron chi connectivity index (χ3n) is 4.80. The molecular weight excluding hydrogens is 369 g/mol. The zero-order valence-electron chi connectivity index (χ0n) is 12.8. The quantitative estimate of drug-likeness (QED) is 0.632. The minimum Gasteiger partial charge on any atom is -0.308 e. The molecule has 3 N–H and O–H groups in total. The highest BCUT2D eigenvalue weighted by molar-refractivity contribution is 7.22. The Hall–Kier alpha value is -1.41. The minimum absolute atomic E-state index is 0. The lowest BCUT2D eigenvalue weighted by molar-refractivity contribution is 0.532. The summed E-state index contributed by atoms with van der Waals surface area (Å²) in [7, 11) is 0. The van der Waals surface area contributed by atoms with Crippen molar-refractivity contribution in [1.82, 2.24) is 25.5 Å². The molecule has 24 heavy (non-hydrogen) atoms. The summed E-state index contributed by atoms with van der Waals surface area (Å²) < 4.78 is 0.685. The van der Waals surface area contributed by atoms with Crippen molar-refractivity contribution in [2.24, 2.45) is 11.8 Å². The van der Waals surface area contributed by atoms with Gasteiger partial charge in [0.1, 0.15) is 10.5 Å². The zero-order chi connectivity index (χ0) is 14.8. The van der Waals surface area contributed by atoms with Crippen molar-refractivity contribution in [3.05, 3.63) is 34.1 Å². The maximum Gasteiger partial charge on any atom is 0.268 e. The Balaban J connectivity index is 0.000000845. The fourth-order valence-electron chi connectivity index (χ4n) is 3.48. The molecule has 128 valence electrons. The van der Waals surface area contributed by atoms with Crippen LogP contribution in [0.4, 0.5) is 0 Å². The lowest BCUT2D eigenvalue weighted by Gasteiger charge is -2.11. The normalized spacial score (nSPS) is 24.3. The number of aromatic nitrogens is 4. The molecule has 6 nitrogen and oxygen atoms in total. The molecule has 0 bridgehead atoms. The maximum absolute atomic E-state index is 12.4. The van der Waals surface area contributed by atoms with Crippen LogP contribution in [0.5, 0.6) is 0 Å². The second kappa shape index (κ2) is 6.15. The monoisotopic (exact) mass is 385 g/mol. The van der Waals surface area contributed by atoms with Crippen LogP contribution in [0.25, 0.3) is 20.7 Å². The number of hydrogen-bond acceptors (Lipinski definition) is 5.